The molecule has 6 heteroatoms. The first-order valence-electron chi connectivity index (χ1n) is 15.0. The molecule has 2 N–H and O–H groups in total. The minimum Gasteiger partial charge on any atom is -0.508 e. The van der Waals surface area contributed by atoms with Gasteiger partial charge in [-0.2, -0.15) is 37.0 Å². The molecule has 5 nitrogen and oxygen atoms in total. The van der Waals surface area contributed by atoms with Crippen LogP contribution in [0.15, 0.2) is 90.9 Å². The maximum atomic E-state index is 8.56. The number of aliphatic hydroxyl groups excluding tert-OH is 2. The maximum absolute atomic E-state index is 8.56. The van der Waals surface area contributed by atoms with Gasteiger partial charge in [0, 0.05) is 6.20 Å². The van der Waals surface area contributed by atoms with Crippen molar-refractivity contribution in [2.75, 3.05) is 11.9 Å². The van der Waals surface area contributed by atoms with Crippen molar-refractivity contribution in [1.82, 2.24) is 9.88 Å². The van der Waals surface area contributed by atoms with Gasteiger partial charge in [0.15, 0.2) is 0 Å². The zero-order chi connectivity index (χ0) is 29.9. The molecule has 1 fully saturated rings. The van der Waals surface area contributed by atoms with Crippen molar-refractivity contribution in [2.45, 2.75) is 77.4 Å². The Balaban J connectivity index is 0.000000205. The summed E-state index contributed by atoms with van der Waals surface area (Å²) in [6, 6.07) is 31.6. The van der Waals surface area contributed by atoms with Gasteiger partial charge in [0.1, 0.15) is 0 Å². The van der Waals surface area contributed by atoms with Crippen LogP contribution in [0.2, 0.25) is 0 Å². The Hall–Kier alpha value is -3.02. The molecule has 2 aliphatic rings. The molecule has 0 saturated heterocycles. The van der Waals surface area contributed by atoms with Crippen LogP contribution in [0.1, 0.15) is 70.8 Å². The fourth-order valence-electron chi connectivity index (χ4n) is 5.41. The second-order valence-corrected chi connectivity index (χ2v) is 11.3. The number of allylic oxidation sites excluding steroid dienone is 1. The second-order valence-electron chi connectivity index (χ2n) is 11.3. The molecule has 2 heterocycles. The quantitative estimate of drug-likeness (QED) is 0.202. The zero-order valence-corrected chi connectivity index (χ0v) is 28.1. The molecule has 0 spiro atoms. The molecule has 2 atom stereocenters. The van der Waals surface area contributed by atoms with Crippen LogP contribution in [0.5, 0.6) is 0 Å². The fraction of sp³-hybridized carbons (Fsp3) is 0.351. The molecule has 4 aromatic rings. The Morgan fingerprint density at radius 3 is 2.19 bits per heavy atom. The van der Waals surface area contributed by atoms with Crippen molar-refractivity contribution in [3.05, 3.63) is 115 Å². The molecule has 228 valence electrons. The third-order valence-corrected chi connectivity index (χ3v) is 7.66. The van der Waals surface area contributed by atoms with E-state index in [-0.39, 0.29) is 32.3 Å². The summed E-state index contributed by atoms with van der Waals surface area (Å²) in [4.78, 5) is 8.74. The number of anilines is 1. The van der Waals surface area contributed by atoms with E-state index in [1.165, 1.54) is 54.1 Å². The van der Waals surface area contributed by atoms with Crippen LogP contribution in [0.25, 0.3) is 22.0 Å². The fourth-order valence-corrected chi connectivity index (χ4v) is 5.41. The summed E-state index contributed by atoms with van der Waals surface area (Å²) in [6.45, 7) is 7.44. The Labute approximate surface area is 271 Å². The molecule has 0 bridgehead atoms. The van der Waals surface area contributed by atoms with E-state index in [4.69, 9.17) is 10.2 Å². The van der Waals surface area contributed by atoms with E-state index in [0.29, 0.717) is 6.42 Å². The van der Waals surface area contributed by atoms with Crippen molar-refractivity contribution < 1.29 is 30.3 Å². The smallest absolute Gasteiger partial charge is 0.508 e. The van der Waals surface area contributed by atoms with Gasteiger partial charge in [-0.1, -0.05) is 37.5 Å². The summed E-state index contributed by atoms with van der Waals surface area (Å²) in [6.07, 6.45) is 10.6. The number of para-hydroxylation sites is 1. The number of fused-ring (bicyclic) bond motifs is 1. The average Bonchev–Trinajstić information content (AvgIpc) is 3.35. The van der Waals surface area contributed by atoms with Gasteiger partial charge in [-0.05, 0) is 93.0 Å². The molecule has 1 aliphatic heterocycles. The normalized spacial score (nSPS) is 16.2. The van der Waals surface area contributed by atoms with Crippen molar-refractivity contribution in [3.8, 4) is 11.3 Å². The van der Waals surface area contributed by atoms with Gasteiger partial charge in [0.05, 0.1) is 12.2 Å². The number of rotatable bonds is 5. The number of pyridine rings is 1. The Morgan fingerprint density at radius 1 is 0.930 bits per heavy atom. The average molecular weight is 755 g/mol. The van der Waals surface area contributed by atoms with Crippen molar-refractivity contribution in [2.24, 2.45) is 0 Å². The van der Waals surface area contributed by atoms with Crippen LogP contribution in [-0.4, -0.2) is 39.4 Å². The van der Waals surface area contributed by atoms with Crippen LogP contribution in [-0.2, 0) is 20.1 Å². The number of nitrogens with zero attached hydrogens (tertiary/aromatic N) is 3. The molecule has 1 aliphatic carbocycles. The monoisotopic (exact) mass is 755 g/mol. The van der Waals surface area contributed by atoms with E-state index in [2.05, 4.69) is 70.4 Å². The third-order valence-electron chi connectivity index (χ3n) is 7.66. The molecule has 1 saturated carbocycles. The van der Waals surface area contributed by atoms with Gasteiger partial charge in [-0.15, -0.1) is 41.6 Å². The molecule has 3 aromatic carbocycles. The zero-order valence-electron chi connectivity index (χ0n) is 25.7. The molecule has 43 heavy (non-hydrogen) atoms. The minimum atomic E-state index is -0.375. The van der Waals surface area contributed by atoms with Crippen molar-refractivity contribution in [3.63, 3.8) is 0 Å². The van der Waals surface area contributed by atoms with Crippen LogP contribution in [0.3, 0.4) is 0 Å². The first-order chi connectivity index (χ1) is 20.3. The largest absolute Gasteiger partial charge is 3.00 e. The number of aliphatic hydroxyl groups is 2. The standard InChI is InChI=1S/C21H20N.C11H12N2.C5H12O2.Ir/c1-3-7-16(8-4-1)18-11-12-20-19(15-18)13-14-22-21(20)17-9-5-2-6-10-17;1-10-8-13(9-12(10)2)11-6-4-3-5-7-11;1-4(6)3-5(2)7;/h2,5-6,9,11-16H,1,3-4,7-8H2;3-6,8-9H,1-2H3;4-7H,3H2,1-2H3;/q-1;-2;;+3. The molecule has 6 rings (SSSR count). The van der Waals surface area contributed by atoms with E-state index in [9.17, 15) is 0 Å². The van der Waals surface area contributed by atoms with Gasteiger partial charge in [0.25, 0.3) is 0 Å². The second kappa shape index (κ2) is 17.3. The summed E-state index contributed by atoms with van der Waals surface area (Å²) < 4.78 is 0. The van der Waals surface area contributed by atoms with E-state index in [1.54, 1.807) is 13.8 Å². The van der Waals surface area contributed by atoms with E-state index >= 15 is 0 Å². The molecule has 1 aromatic heterocycles. The van der Waals surface area contributed by atoms with Gasteiger partial charge in [-0.25, -0.2) is 0 Å². The number of hydrogen-bond donors (Lipinski definition) is 2. The summed E-state index contributed by atoms with van der Waals surface area (Å²) >= 11 is 0. The summed E-state index contributed by atoms with van der Waals surface area (Å²) in [5, 5.41) is 19.6. The van der Waals surface area contributed by atoms with Crippen molar-refractivity contribution >= 4 is 16.5 Å². The SMILES string of the molecule is CC(O)CC(C)O.CC1=CN(c2[c-]cccc2)[CH-]N1C.[Ir+3].[c-]1ccccc1-c1nccc2cc(C3CCCCC3)ccc12. The van der Waals surface area contributed by atoms with E-state index in [0.717, 1.165) is 22.9 Å². The van der Waals surface area contributed by atoms with Crippen LogP contribution in [0, 0.1) is 18.8 Å². The first-order valence-corrected chi connectivity index (χ1v) is 15.0. The summed E-state index contributed by atoms with van der Waals surface area (Å²) in [5.74, 6) is 0.748. The summed E-state index contributed by atoms with van der Waals surface area (Å²) in [7, 11) is 2.04. The number of hydrogen-bond acceptors (Lipinski definition) is 5. The topological polar surface area (TPSA) is 59.8 Å². The molecular weight excluding hydrogens is 711 g/mol. The predicted molar refractivity (Wildman–Crippen MR) is 173 cm³/mol. The van der Waals surface area contributed by atoms with E-state index < -0.39 is 0 Å². The van der Waals surface area contributed by atoms with Gasteiger partial charge in [-0.3, -0.25) is 0 Å². The van der Waals surface area contributed by atoms with E-state index in [1.807, 2.05) is 62.4 Å². The Bertz CT molecular complexity index is 1400. The number of aromatic nitrogens is 1. The first kappa shape index (κ1) is 34.5. The van der Waals surface area contributed by atoms with Gasteiger partial charge >= 0.3 is 20.1 Å². The molecule has 2 unspecified atom stereocenters. The molecular formula is C37H44IrN3O2. The van der Waals surface area contributed by atoms with Crippen LogP contribution in [0.4, 0.5) is 5.69 Å². The molecule has 0 amide bonds. The maximum Gasteiger partial charge on any atom is 3.00 e. The Morgan fingerprint density at radius 2 is 1.63 bits per heavy atom. The van der Waals surface area contributed by atoms with Crippen LogP contribution < -0.4 is 4.90 Å². The molecule has 0 radical (unpaired) electrons. The predicted octanol–water partition coefficient (Wildman–Crippen LogP) is 8.10. The minimum absolute atomic E-state index is 0. The Kier molecular flexibility index (Phi) is 13.9. The van der Waals surface area contributed by atoms with Gasteiger partial charge in [0.2, 0.25) is 0 Å². The van der Waals surface area contributed by atoms with Crippen molar-refractivity contribution in [1.29, 1.82) is 0 Å². The number of benzene rings is 3. The third kappa shape index (κ3) is 10.3. The van der Waals surface area contributed by atoms with Gasteiger partial charge < -0.3 is 25.0 Å². The summed E-state index contributed by atoms with van der Waals surface area (Å²) in [5.41, 5.74) is 5.91. The van der Waals surface area contributed by atoms with Crippen LogP contribution >= 0.6 is 0 Å².